The number of rotatable bonds is 2. The van der Waals surface area contributed by atoms with Crippen LogP contribution in [-0.4, -0.2) is 30.3 Å². The molecular formula is C4H8N4O3S. The van der Waals surface area contributed by atoms with E-state index in [2.05, 4.69) is 10.2 Å². The maximum absolute atomic E-state index is 10.8. The number of methoxy groups -OCH3 is 1. The van der Waals surface area contributed by atoms with Crippen molar-refractivity contribution in [3.8, 4) is 6.01 Å². The molecule has 0 amide bonds. The van der Waals surface area contributed by atoms with Gasteiger partial charge < -0.3 is 4.74 Å². The highest BCUT2D eigenvalue weighted by Gasteiger charge is 2.18. The Balaban J connectivity index is 3.30. The van der Waals surface area contributed by atoms with Gasteiger partial charge in [-0.25, -0.2) is 13.6 Å². The lowest BCUT2D eigenvalue weighted by atomic mass is 11.0. The Labute approximate surface area is 69.2 Å². The zero-order valence-electron chi connectivity index (χ0n) is 6.55. The first-order valence-electron chi connectivity index (χ1n) is 2.93. The molecule has 0 saturated heterocycles. The maximum Gasteiger partial charge on any atom is 0.317 e. The third kappa shape index (κ3) is 1.38. The topological polar surface area (TPSA) is 100 Å². The number of nitrogens with zero attached hydrogens (tertiary/aromatic N) is 3. The van der Waals surface area contributed by atoms with E-state index in [1.807, 2.05) is 0 Å². The molecule has 0 aliphatic rings. The third-order valence-electron chi connectivity index (χ3n) is 1.23. The Morgan fingerprint density at radius 2 is 2.08 bits per heavy atom. The van der Waals surface area contributed by atoms with Gasteiger partial charge in [0.05, 0.1) is 7.11 Å². The monoisotopic (exact) mass is 192 g/mol. The summed E-state index contributed by atoms with van der Waals surface area (Å²) in [4.78, 5) is 0. The van der Waals surface area contributed by atoms with Crippen molar-refractivity contribution in [1.82, 2.24) is 14.8 Å². The second-order valence-corrected chi connectivity index (χ2v) is 3.53. The normalized spacial score (nSPS) is 11.6. The molecule has 1 aromatic rings. The van der Waals surface area contributed by atoms with Gasteiger partial charge in [0.25, 0.3) is 15.2 Å². The number of hydrogen-bond acceptors (Lipinski definition) is 5. The molecule has 0 saturated carbocycles. The Hall–Kier alpha value is -1.15. The minimum atomic E-state index is -3.81. The van der Waals surface area contributed by atoms with E-state index in [9.17, 15) is 8.42 Å². The van der Waals surface area contributed by atoms with Crippen LogP contribution in [0, 0.1) is 0 Å². The maximum atomic E-state index is 10.8. The third-order valence-corrected chi connectivity index (χ3v) is 2.10. The lowest BCUT2D eigenvalue weighted by Gasteiger charge is -1.98. The average Bonchev–Trinajstić information content (AvgIpc) is 2.29. The van der Waals surface area contributed by atoms with Crippen LogP contribution in [0.5, 0.6) is 6.01 Å². The fourth-order valence-corrected chi connectivity index (χ4v) is 1.34. The first-order chi connectivity index (χ1) is 5.46. The SMILES string of the molecule is COc1nnc(S(N)(=O)=O)n1C. The molecule has 8 heteroatoms. The van der Waals surface area contributed by atoms with E-state index in [1.165, 1.54) is 14.2 Å². The molecule has 1 rings (SSSR count). The van der Waals surface area contributed by atoms with Gasteiger partial charge in [0, 0.05) is 7.05 Å². The second kappa shape index (κ2) is 2.72. The predicted molar refractivity (Wildman–Crippen MR) is 38.9 cm³/mol. The van der Waals surface area contributed by atoms with Gasteiger partial charge in [-0.2, -0.15) is 0 Å². The van der Waals surface area contributed by atoms with E-state index >= 15 is 0 Å². The van der Waals surface area contributed by atoms with Gasteiger partial charge in [0.15, 0.2) is 0 Å². The summed E-state index contributed by atoms with van der Waals surface area (Å²) in [7, 11) is -1.01. The summed E-state index contributed by atoms with van der Waals surface area (Å²) in [6.07, 6.45) is 0. The summed E-state index contributed by atoms with van der Waals surface area (Å²) in [6, 6.07) is 0.0963. The standard InChI is InChI=1S/C4H8N4O3S/c1-8-3(11-2)6-7-4(8)12(5,9)10/h1-2H3,(H2,5,9,10). The van der Waals surface area contributed by atoms with Crippen molar-refractivity contribution in [2.24, 2.45) is 12.2 Å². The van der Waals surface area contributed by atoms with Crippen molar-refractivity contribution in [2.45, 2.75) is 5.16 Å². The Morgan fingerprint density at radius 1 is 1.50 bits per heavy atom. The average molecular weight is 192 g/mol. The fraction of sp³-hybridized carbons (Fsp3) is 0.500. The minimum Gasteiger partial charge on any atom is -0.467 e. The van der Waals surface area contributed by atoms with Gasteiger partial charge in [-0.15, -0.1) is 5.10 Å². The molecule has 0 atom stereocenters. The van der Waals surface area contributed by atoms with Crippen LogP contribution >= 0.6 is 0 Å². The van der Waals surface area contributed by atoms with Crippen LogP contribution in [0.2, 0.25) is 0 Å². The molecule has 0 spiro atoms. The molecule has 2 N–H and O–H groups in total. The van der Waals surface area contributed by atoms with Gasteiger partial charge in [-0.1, -0.05) is 5.10 Å². The Morgan fingerprint density at radius 3 is 2.33 bits per heavy atom. The summed E-state index contributed by atoms with van der Waals surface area (Å²) in [5.41, 5.74) is 0. The summed E-state index contributed by atoms with van der Waals surface area (Å²) in [6.45, 7) is 0. The molecule has 0 unspecified atom stereocenters. The molecule has 0 radical (unpaired) electrons. The number of primary sulfonamides is 1. The van der Waals surface area contributed by atoms with Crippen LogP contribution in [0.4, 0.5) is 0 Å². The summed E-state index contributed by atoms with van der Waals surface area (Å²) < 4.78 is 27.4. The zero-order valence-corrected chi connectivity index (χ0v) is 7.37. The van der Waals surface area contributed by atoms with Gasteiger partial charge in [-0.05, 0) is 0 Å². The molecule has 1 aromatic heterocycles. The van der Waals surface area contributed by atoms with Crippen LogP contribution in [0.15, 0.2) is 5.16 Å². The molecule has 12 heavy (non-hydrogen) atoms. The Kier molecular flexibility index (Phi) is 2.02. The van der Waals surface area contributed by atoms with Crippen LogP contribution < -0.4 is 9.88 Å². The van der Waals surface area contributed by atoms with Crippen molar-refractivity contribution < 1.29 is 13.2 Å². The second-order valence-electron chi connectivity index (χ2n) is 2.07. The van der Waals surface area contributed by atoms with Gasteiger partial charge in [0.2, 0.25) is 0 Å². The minimum absolute atomic E-state index is 0.0963. The Bertz CT molecular complexity index is 381. The van der Waals surface area contributed by atoms with Crippen LogP contribution in [0.1, 0.15) is 0 Å². The largest absolute Gasteiger partial charge is 0.467 e. The van der Waals surface area contributed by atoms with E-state index in [0.717, 1.165) is 4.57 Å². The van der Waals surface area contributed by atoms with Crippen molar-refractivity contribution in [3.05, 3.63) is 0 Å². The van der Waals surface area contributed by atoms with E-state index in [0.29, 0.717) is 0 Å². The fourth-order valence-electron chi connectivity index (χ4n) is 0.727. The smallest absolute Gasteiger partial charge is 0.317 e. The lowest BCUT2D eigenvalue weighted by Crippen LogP contribution is -2.17. The first-order valence-corrected chi connectivity index (χ1v) is 4.47. The van der Waals surface area contributed by atoms with Crippen molar-refractivity contribution >= 4 is 10.0 Å². The van der Waals surface area contributed by atoms with E-state index in [4.69, 9.17) is 9.88 Å². The van der Waals surface area contributed by atoms with Gasteiger partial charge in [0.1, 0.15) is 0 Å². The van der Waals surface area contributed by atoms with E-state index in [1.54, 1.807) is 0 Å². The molecular weight excluding hydrogens is 184 g/mol. The van der Waals surface area contributed by atoms with E-state index < -0.39 is 10.0 Å². The molecule has 1 heterocycles. The van der Waals surface area contributed by atoms with Crippen molar-refractivity contribution in [2.75, 3.05) is 7.11 Å². The van der Waals surface area contributed by atoms with Gasteiger partial charge >= 0.3 is 6.01 Å². The van der Waals surface area contributed by atoms with Gasteiger partial charge in [-0.3, -0.25) is 4.57 Å². The quantitative estimate of drug-likeness (QED) is 0.612. The summed E-state index contributed by atoms with van der Waals surface area (Å²) in [5.74, 6) is 0. The predicted octanol–water partition coefficient (Wildman–Crippen LogP) is -1.53. The molecule has 0 aliphatic carbocycles. The molecule has 0 fully saturated rings. The van der Waals surface area contributed by atoms with Crippen LogP contribution in [-0.2, 0) is 17.1 Å². The number of ether oxygens (including phenoxy) is 1. The van der Waals surface area contributed by atoms with Crippen molar-refractivity contribution in [3.63, 3.8) is 0 Å². The lowest BCUT2D eigenvalue weighted by molar-refractivity contribution is 0.361. The molecule has 0 aromatic carbocycles. The highest BCUT2D eigenvalue weighted by atomic mass is 32.2. The number of hydrogen-bond donors (Lipinski definition) is 1. The molecule has 0 aliphatic heterocycles. The highest BCUT2D eigenvalue weighted by molar-refractivity contribution is 7.89. The van der Waals surface area contributed by atoms with Crippen molar-refractivity contribution in [1.29, 1.82) is 0 Å². The van der Waals surface area contributed by atoms with Crippen LogP contribution in [0.25, 0.3) is 0 Å². The highest BCUT2D eigenvalue weighted by Crippen LogP contribution is 2.09. The number of sulfonamides is 1. The van der Waals surface area contributed by atoms with E-state index in [-0.39, 0.29) is 11.2 Å². The summed E-state index contributed by atoms with van der Waals surface area (Å²) >= 11 is 0. The molecule has 7 nitrogen and oxygen atoms in total. The molecule has 68 valence electrons. The zero-order chi connectivity index (χ0) is 9.35. The van der Waals surface area contributed by atoms with Crippen LogP contribution in [0.3, 0.4) is 0 Å². The number of nitrogens with two attached hydrogens (primary N) is 1. The molecule has 0 bridgehead atoms. The summed E-state index contributed by atoms with van der Waals surface area (Å²) in [5, 5.41) is 11.3. The number of aromatic nitrogens is 3. The first kappa shape index (κ1) is 8.94.